The molecular formula is C20H24N4O2. The van der Waals surface area contributed by atoms with Crippen molar-refractivity contribution in [1.82, 2.24) is 5.32 Å². The van der Waals surface area contributed by atoms with Crippen molar-refractivity contribution in [3.8, 4) is 0 Å². The van der Waals surface area contributed by atoms with Crippen LogP contribution in [0.1, 0.15) is 19.8 Å². The average molecular weight is 352 g/mol. The zero-order valence-electron chi connectivity index (χ0n) is 14.9. The standard InChI is InChI=1S/C20H24N4O2/c1-2-15(14-19(25)23-16-6-4-3-5-7-16)22-17-8-10-18(11-9-17)24-13-12-21-20(24)26/h3-11,15,22H,2,12-14H2,1H3,(H,21,26)(H,23,25). The zero-order valence-corrected chi connectivity index (χ0v) is 14.9. The Balaban J connectivity index is 1.55. The van der Waals surface area contributed by atoms with Crippen LogP contribution in [0.4, 0.5) is 21.9 Å². The molecule has 3 amide bonds. The van der Waals surface area contributed by atoms with Crippen LogP contribution in [0.5, 0.6) is 0 Å². The van der Waals surface area contributed by atoms with Crippen LogP contribution in [0.2, 0.25) is 0 Å². The summed E-state index contributed by atoms with van der Waals surface area (Å²) in [6.07, 6.45) is 1.22. The van der Waals surface area contributed by atoms with Crippen LogP contribution in [0.15, 0.2) is 54.6 Å². The number of benzene rings is 2. The minimum atomic E-state index is -0.0604. The number of carbonyl (C=O) groups excluding carboxylic acids is 2. The van der Waals surface area contributed by atoms with Gasteiger partial charge in [0, 0.05) is 42.6 Å². The minimum Gasteiger partial charge on any atom is -0.382 e. The molecule has 136 valence electrons. The largest absolute Gasteiger partial charge is 0.382 e. The molecule has 2 aromatic rings. The number of carbonyl (C=O) groups is 2. The number of anilines is 3. The first kappa shape index (κ1) is 17.8. The lowest BCUT2D eigenvalue weighted by Crippen LogP contribution is -2.28. The molecule has 1 fully saturated rings. The molecule has 0 spiro atoms. The Hall–Kier alpha value is -3.02. The number of nitrogens with zero attached hydrogens (tertiary/aromatic N) is 1. The second-order valence-electron chi connectivity index (χ2n) is 6.30. The highest BCUT2D eigenvalue weighted by atomic mass is 16.2. The van der Waals surface area contributed by atoms with Gasteiger partial charge in [-0.05, 0) is 42.8 Å². The van der Waals surface area contributed by atoms with Crippen molar-refractivity contribution in [1.29, 1.82) is 0 Å². The first-order valence-electron chi connectivity index (χ1n) is 8.92. The third kappa shape index (κ3) is 4.53. The number of rotatable bonds is 7. The molecule has 1 heterocycles. The quantitative estimate of drug-likeness (QED) is 0.715. The third-order valence-corrected chi connectivity index (χ3v) is 4.39. The van der Waals surface area contributed by atoms with E-state index < -0.39 is 0 Å². The maximum Gasteiger partial charge on any atom is 0.321 e. The van der Waals surface area contributed by atoms with Crippen molar-refractivity contribution < 1.29 is 9.59 Å². The van der Waals surface area contributed by atoms with Crippen molar-refractivity contribution in [2.45, 2.75) is 25.8 Å². The van der Waals surface area contributed by atoms with Crippen LogP contribution < -0.4 is 20.9 Å². The van der Waals surface area contributed by atoms with Gasteiger partial charge in [0.05, 0.1) is 0 Å². The summed E-state index contributed by atoms with van der Waals surface area (Å²) in [5.41, 5.74) is 2.62. The third-order valence-electron chi connectivity index (χ3n) is 4.39. The van der Waals surface area contributed by atoms with Gasteiger partial charge in [0.25, 0.3) is 0 Å². The highest BCUT2D eigenvalue weighted by Gasteiger charge is 2.21. The first-order chi connectivity index (χ1) is 12.7. The maximum atomic E-state index is 12.2. The van der Waals surface area contributed by atoms with E-state index in [1.165, 1.54) is 0 Å². The Bertz CT molecular complexity index is 746. The first-order valence-corrected chi connectivity index (χ1v) is 8.92. The molecule has 1 unspecified atom stereocenters. The Morgan fingerprint density at radius 2 is 1.85 bits per heavy atom. The zero-order chi connectivity index (χ0) is 18.4. The summed E-state index contributed by atoms with van der Waals surface area (Å²) < 4.78 is 0. The summed E-state index contributed by atoms with van der Waals surface area (Å²) in [4.78, 5) is 25.7. The van der Waals surface area contributed by atoms with Gasteiger partial charge in [0.15, 0.2) is 0 Å². The lowest BCUT2D eigenvalue weighted by Gasteiger charge is -2.19. The molecule has 0 bridgehead atoms. The number of amides is 3. The topological polar surface area (TPSA) is 73.5 Å². The SMILES string of the molecule is CCC(CC(=O)Nc1ccccc1)Nc1ccc(N2CCNC2=O)cc1. The normalized spacial score (nSPS) is 14.7. The highest BCUT2D eigenvalue weighted by Crippen LogP contribution is 2.21. The summed E-state index contributed by atoms with van der Waals surface area (Å²) in [6.45, 7) is 3.41. The van der Waals surface area contributed by atoms with E-state index in [4.69, 9.17) is 0 Å². The molecule has 6 nitrogen and oxygen atoms in total. The van der Waals surface area contributed by atoms with Crippen molar-refractivity contribution in [2.75, 3.05) is 28.6 Å². The molecule has 0 aromatic heterocycles. The van der Waals surface area contributed by atoms with Crippen molar-refractivity contribution >= 4 is 29.0 Å². The van der Waals surface area contributed by atoms with Crippen molar-refractivity contribution in [2.24, 2.45) is 0 Å². The van der Waals surface area contributed by atoms with Crippen molar-refractivity contribution in [3.63, 3.8) is 0 Å². The van der Waals surface area contributed by atoms with E-state index in [-0.39, 0.29) is 18.0 Å². The van der Waals surface area contributed by atoms with E-state index >= 15 is 0 Å². The molecule has 1 aliphatic rings. The Morgan fingerprint density at radius 1 is 1.12 bits per heavy atom. The molecule has 3 N–H and O–H groups in total. The fourth-order valence-electron chi connectivity index (χ4n) is 2.95. The van der Waals surface area contributed by atoms with Gasteiger partial charge in [0.1, 0.15) is 0 Å². The lowest BCUT2D eigenvalue weighted by atomic mass is 10.1. The van der Waals surface area contributed by atoms with E-state index in [9.17, 15) is 9.59 Å². The molecule has 1 saturated heterocycles. The van der Waals surface area contributed by atoms with E-state index in [2.05, 4.69) is 22.9 Å². The Morgan fingerprint density at radius 3 is 2.46 bits per heavy atom. The molecular weight excluding hydrogens is 328 g/mol. The number of para-hydroxylation sites is 1. The second kappa shape index (κ2) is 8.38. The van der Waals surface area contributed by atoms with Gasteiger partial charge in [-0.25, -0.2) is 4.79 Å². The molecule has 3 rings (SSSR count). The summed E-state index contributed by atoms with van der Waals surface area (Å²) >= 11 is 0. The lowest BCUT2D eigenvalue weighted by molar-refractivity contribution is -0.116. The number of hydrogen-bond acceptors (Lipinski definition) is 3. The monoisotopic (exact) mass is 352 g/mol. The minimum absolute atomic E-state index is 0.0130. The van der Waals surface area contributed by atoms with Crippen LogP contribution in [-0.2, 0) is 4.79 Å². The van der Waals surface area contributed by atoms with Gasteiger partial charge in [-0.2, -0.15) is 0 Å². The van der Waals surface area contributed by atoms with Gasteiger partial charge < -0.3 is 16.0 Å². The molecule has 26 heavy (non-hydrogen) atoms. The fraction of sp³-hybridized carbons (Fsp3) is 0.300. The number of urea groups is 1. The van der Waals surface area contributed by atoms with Gasteiger partial charge in [-0.1, -0.05) is 25.1 Å². The number of hydrogen-bond donors (Lipinski definition) is 3. The average Bonchev–Trinajstić information content (AvgIpc) is 3.08. The molecule has 0 aliphatic carbocycles. The summed E-state index contributed by atoms with van der Waals surface area (Å²) in [5.74, 6) is -0.0130. The van der Waals surface area contributed by atoms with Gasteiger partial charge in [-0.3, -0.25) is 9.69 Å². The summed E-state index contributed by atoms with van der Waals surface area (Å²) in [7, 11) is 0. The van der Waals surface area contributed by atoms with Crippen molar-refractivity contribution in [3.05, 3.63) is 54.6 Å². The smallest absolute Gasteiger partial charge is 0.321 e. The van der Waals surface area contributed by atoms with E-state index in [0.717, 1.165) is 23.5 Å². The van der Waals surface area contributed by atoms with Crippen LogP contribution in [0.25, 0.3) is 0 Å². The molecule has 1 atom stereocenters. The second-order valence-corrected chi connectivity index (χ2v) is 6.30. The van der Waals surface area contributed by atoms with Crippen LogP contribution >= 0.6 is 0 Å². The summed E-state index contributed by atoms with van der Waals surface area (Å²) in [5, 5.41) is 9.10. The van der Waals surface area contributed by atoms with E-state index in [1.807, 2.05) is 54.6 Å². The Labute approximate surface area is 153 Å². The number of nitrogens with one attached hydrogen (secondary N) is 3. The van der Waals surface area contributed by atoms with E-state index in [0.29, 0.717) is 19.5 Å². The van der Waals surface area contributed by atoms with Gasteiger partial charge in [0.2, 0.25) is 5.91 Å². The molecule has 0 saturated carbocycles. The maximum absolute atomic E-state index is 12.2. The molecule has 6 heteroatoms. The highest BCUT2D eigenvalue weighted by molar-refractivity contribution is 5.94. The van der Waals surface area contributed by atoms with Gasteiger partial charge in [-0.15, -0.1) is 0 Å². The predicted molar refractivity (Wildman–Crippen MR) is 105 cm³/mol. The Kier molecular flexibility index (Phi) is 5.73. The van der Waals surface area contributed by atoms with Crippen LogP contribution in [0.3, 0.4) is 0 Å². The predicted octanol–water partition coefficient (Wildman–Crippen LogP) is 3.44. The molecule has 0 radical (unpaired) electrons. The van der Waals surface area contributed by atoms with Crippen LogP contribution in [-0.4, -0.2) is 31.1 Å². The van der Waals surface area contributed by atoms with E-state index in [1.54, 1.807) is 4.90 Å². The molecule has 2 aromatic carbocycles. The molecule has 1 aliphatic heterocycles. The van der Waals surface area contributed by atoms with Crippen LogP contribution in [0, 0.1) is 0 Å². The fourth-order valence-corrected chi connectivity index (χ4v) is 2.95. The summed E-state index contributed by atoms with van der Waals surface area (Å²) in [6, 6.07) is 17.2. The van der Waals surface area contributed by atoms with Gasteiger partial charge >= 0.3 is 6.03 Å².